The summed E-state index contributed by atoms with van der Waals surface area (Å²) in [6.45, 7) is 5.91. The van der Waals surface area contributed by atoms with Crippen LogP contribution in [0.25, 0.3) is 10.2 Å². The number of fused-ring (bicyclic) bond motifs is 1. The molecule has 0 radical (unpaired) electrons. The van der Waals surface area contributed by atoms with Crippen LogP contribution in [0.2, 0.25) is 5.02 Å². The minimum Gasteiger partial charge on any atom is -0.310 e. The van der Waals surface area contributed by atoms with Gasteiger partial charge < -0.3 is 5.32 Å². The quantitative estimate of drug-likeness (QED) is 0.643. The van der Waals surface area contributed by atoms with Crippen LogP contribution in [0.1, 0.15) is 26.8 Å². The zero-order chi connectivity index (χ0) is 17.3. The summed E-state index contributed by atoms with van der Waals surface area (Å²) in [6, 6.07) is 7.62. The number of thioether (sulfide) groups is 1. The molecule has 2 aromatic heterocycles. The number of thiazole rings is 1. The van der Waals surface area contributed by atoms with Crippen LogP contribution in [0, 0.1) is 0 Å². The third-order valence-electron chi connectivity index (χ3n) is 3.39. The second-order valence-corrected chi connectivity index (χ2v) is 8.65. The highest BCUT2D eigenvalue weighted by Gasteiger charge is 2.19. The maximum atomic E-state index is 12.4. The van der Waals surface area contributed by atoms with E-state index in [-0.39, 0.29) is 17.2 Å². The summed E-state index contributed by atoms with van der Waals surface area (Å²) in [6.07, 6.45) is 1.69. The van der Waals surface area contributed by atoms with Crippen LogP contribution in [0.5, 0.6) is 0 Å². The number of hydrogen-bond acceptors (Lipinski definition) is 5. The molecule has 1 atom stereocenters. The molecule has 1 amide bonds. The van der Waals surface area contributed by atoms with Gasteiger partial charge in [0.15, 0.2) is 4.34 Å². The largest absolute Gasteiger partial charge is 0.310 e. The third-order valence-corrected chi connectivity index (χ3v) is 5.85. The van der Waals surface area contributed by atoms with Gasteiger partial charge in [-0.3, -0.25) is 4.79 Å². The highest BCUT2D eigenvalue weighted by Crippen LogP contribution is 2.33. The lowest BCUT2D eigenvalue weighted by Crippen LogP contribution is -2.24. The Labute approximate surface area is 153 Å². The van der Waals surface area contributed by atoms with Crippen molar-refractivity contribution in [1.82, 2.24) is 14.8 Å². The number of halogens is 1. The molecule has 3 rings (SSSR count). The number of rotatable bonds is 5. The van der Waals surface area contributed by atoms with Crippen molar-refractivity contribution >= 4 is 56.6 Å². The van der Waals surface area contributed by atoms with Crippen LogP contribution >= 0.6 is 34.7 Å². The van der Waals surface area contributed by atoms with Crippen molar-refractivity contribution in [2.24, 2.45) is 0 Å². The van der Waals surface area contributed by atoms with Gasteiger partial charge in [-0.05, 0) is 39.0 Å². The van der Waals surface area contributed by atoms with E-state index in [9.17, 15) is 4.79 Å². The number of hydrogen-bond donors (Lipinski definition) is 1. The smallest absolute Gasteiger partial charge is 0.238 e. The average molecular weight is 381 g/mol. The van der Waals surface area contributed by atoms with Crippen molar-refractivity contribution in [3.8, 4) is 0 Å². The van der Waals surface area contributed by atoms with Gasteiger partial charge in [-0.1, -0.05) is 23.4 Å². The molecule has 0 aliphatic heterocycles. The van der Waals surface area contributed by atoms with Gasteiger partial charge >= 0.3 is 0 Å². The second-order valence-electron chi connectivity index (χ2n) is 5.60. The number of aromatic nitrogens is 3. The number of nitrogens with zero attached hydrogens (tertiary/aromatic N) is 3. The monoisotopic (exact) mass is 380 g/mol. The minimum absolute atomic E-state index is 0.0697. The molecular formula is C16H17ClN4OS2. The Balaban J connectivity index is 1.70. The predicted octanol–water partition coefficient (Wildman–Crippen LogP) is 4.85. The molecule has 24 heavy (non-hydrogen) atoms. The van der Waals surface area contributed by atoms with E-state index in [0.717, 1.165) is 14.6 Å². The van der Waals surface area contributed by atoms with Gasteiger partial charge in [0, 0.05) is 17.1 Å². The van der Waals surface area contributed by atoms with E-state index in [1.165, 1.54) is 11.8 Å². The Bertz CT molecular complexity index is 874. The Hall–Kier alpha value is -1.57. The number of nitrogens with one attached hydrogen (secondary N) is 1. The van der Waals surface area contributed by atoms with Gasteiger partial charge in [0.1, 0.15) is 5.82 Å². The van der Waals surface area contributed by atoms with E-state index in [1.807, 2.05) is 39.0 Å². The van der Waals surface area contributed by atoms with Crippen LogP contribution in [-0.2, 0) is 4.79 Å². The van der Waals surface area contributed by atoms with Crippen LogP contribution in [0.3, 0.4) is 0 Å². The number of benzene rings is 1. The molecule has 0 saturated heterocycles. The third kappa shape index (κ3) is 3.74. The van der Waals surface area contributed by atoms with Crippen molar-refractivity contribution in [2.45, 2.75) is 36.4 Å². The molecule has 0 aliphatic carbocycles. The fourth-order valence-corrected chi connectivity index (χ4v) is 4.55. The van der Waals surface area contributed by atoms with Gasteiger partial charge in [0.2, 0.25) is 5.91 Å². The first-order valence-electron chi connectivity index (χ1n) is 7.51. The fourth-order valence-electron chi connectivity index (χ4n) is 2.19. The Morgan fingerprint density at radius 3 is 2.88 bits per heavy atom. The van der Waals surface area contributed by atoms with Gasteiger partial charge in [-0.2, -0.15) is 5.10 Å². The summed E-state index contributed by atoms with van der Waals surface area (Å²) >= 11 is 8.99. The molecule has 3 aromatic rings. The van der Waals surface area contributed by atoms with Gasteiger partial charge in [-0.25, -0.2) is 9.67 Å². The van der Waals surface area contributed by atoms with Crippen molar-refractivity contribution in [3.63, 3.8) is 0 Å². The summed E-state index contributed by atoms with van der Waals surface area (Å²) in [5, 5.41) is 7.55. The first kappa shape index (κ1) is 17.3. The number of carbonyl (C=O) groups excluding carboxylic acids is 1. The lowest BCUT2D eigenvalue weighted by atomic mass is 10.3. The van der Waals surface area contributed by atoms with E-state index < -0.39 is 0 Å². The molecule has 0 unspecified atom stereocenters. The van der Waals surface area contributed by atoms with E-state index in [1.54, 1.807) is 28.3 Å². The molecule has 126 valence electrons. The molecule has 0 aliphatic rings. The van der Waals surface area contributed by atoms with E-state index in [2.05, 4.69) is 15.4 Å². The predicted molar refractivity (Wildman–Crippen MR) is 101 cm³/mol. The topological polar surface area (TPSA) is 59.8 Å². The molecule has 5 nitrogen and oxygen atoms in total. The van der Waals surface area contributed by atoms with Gasteiger partial charge in [0.05, 0.1) is 21.7 Å². The summed E-state index contributed by atoms with van der Waals surface area (Å²) in [7, 11) is 0. The van der Waals surface area contributed by atoms with Crippen molar-refractivity contribution < 1.29 is 4.79 Å². The van der Waals surface area contributed by atoms with E-state index >= 15 is 0 Å². The van der Waals surface area contributed by atoms with Gasteiger partial charge in [0.25, 0.3) is 0 Å². The number of amides is 1. The summed E-state index contributed by atoms with van der Waals surface area (Å²) < 4.78 is 3.70. The SMILES string of the molecule is CC(C)n1nccc1NC(=O)[C@@H](C)Sc1nc2cc(Cl)ccc2s1. The number of carbonyl (C=O) groups is 1. The average Bonchev–Trinajstić information content (AvgIpc) is 3.12. The molecular weight excluding hydrogens is 364 g/mol. The zero-order valence-electron chi connectivity index (χ0n) is 13.5. The minimum atomic E-state index is -0.267. The van der Waals surface area contributed by atoms with E-state index in [0.29, 0.717) is 10.8 Å². The van der Waals surface area contributed by atoms with E-state index in [4.69, 9.17) is 11.6 Å². The second kappa shape index (κ2) is 7.13. The molecule has 1 aromatic carbocycles. The standard InChI is InChI=1S/C16H17ClN4OS2/c1-9(2)21-14(6-7-18-21)20-15(22)10(3)23-16-19-12-8-11(17)4-5-13(12)24-16/h4-10H,1-3H3,(H,20,22)/t10-/m1/s1. The number of anilines is 1. The highest BCUT2D eigenvalue weighted by molar-refractivity contribution is 8.02. The Morgan fingerprint density at radius 1 is 1.33 bits per heavy atom. The van der Waals surface area contributed by atoms with Crippen LogP contribution in [-0.4, -0.2) is 25.9 Å². The summed E-state index contributed by atoms with van der Waals surface area (Å²) in [5.41, 5.74) is 0.862. The van der Waals surface area contributed by atoms with Crippen LogP contribution in [0.4, 0.5) is 5.82 Å². The Morgan fingerprint density at radius 2 is 2.12 bits per heavy atom. The molecule has 2 heterocycles. The first-order valence-corrected chi connectivity index (χ1v) is 9.58. The highest BCUT2D eigenvalue weighted by atomic mass is 35.5. The van der Waals surface area contributed by atoms with Crippen molar-refractivity contribution in [3.05, 3.63) is 35.5 Å². The molecule has 0 saturated carbocycles. The van der Waals surface area contributed by atoms with Gasteiger partial charge in [-0.15, -0.1) is 11.3 Å². The van der Waals surface area contributed by atoms with Crippen molar-refractivity contribution in [1.29, 1.82) is 0 Å². The maximum absolute atomic E-state index is 12.4. The normalized spacial score (nSPS) is 12.7. The zero-order valence-corrected chi connectivity index (χ0v) is 15.9. The Kier molecular flexibility index (Phi) is 5.12. The summed E-state index contributed by atoms with van der Waals surface area (Å²) in [5.74, 6) is 0.637. The fraction of sp³-hybridized carbons (Fsp3) is 0.312. The molecule has 1 N–H and O–H groups in total. The molecule has 0 fully saturated rings. The molecule has 0 bridgehead atoms. The van der Waals surface area contributed by atoms with Crippen LogP contribution < -0.4 is 5.32 Å². The lowest BCUT2D eigenvalue weighted by Gasteiger charge is -2.14. The molecule has 8 heteroatoms. The first-order chi connectivity index (χ1) is 11.4. The summed E-state index contributed by atoms with van der Waals surface area (Å²) in [4.78, 5) is 17.0. The van der Waals surface area contributed by atoms with Crippen molar-refractivity contribution in [2.75, 3.05) is 5.32 Å². The maximum Gasteiger partial charge on any atom is 0.238 e. The van der Waals surface area contributed by atoms with Crippen LogP contribution in [0.15, 0.2) is 34.8 Å². The lowest BCUT2D eigenvalue weighted by molar-refractivity contribution is -0.115. The molecule has 0 spiro atoms.